The summed E-state index contributed by atoms with van der Waals surface area (Å²) in [5, 5.41) is 2.82. The molecule has 152 valence electrons. The van der Waals surface area contributed by atoms with Crippen LogP contribution in [0.25, 0.3) is 0 Å². The molecular weight excluding hydrogens is 358 g/mol. The van der Waals surface area contributed by atoms with Gasteiger partial charge in [-0.1, -0.05) is 49.6 Å². The number of nitrogens with one attached hydrogen (secondary N) is 1. The average Bonchev–Trinajstić information content (AvgIpc) is 3.21. The van der Waals surface area contributed by atoms with Crippen molar-refractivity contribution in [2.24, 2.45) is 11.7 Å². The average molecular weight is 387 g/mol. The van der Waals surface area contributed by atoms with Gasteiger partial charge < -0.3 is 15.8 Å². The Labute approximate surface area is 165 Å². The number of nitrogens with zero attached hydrogens (tertiary/aromatic N) is 1. The second-order valence-corrected chi connectivity index (χ2v) is 7.68. The van der Waals surface area contributed by atoms with Gasteiger partial charge in [0, 0.05) is 6.54 Å². The zero-order valence-electron chi connectivity index (χ0n) is 16.1. The minimum atomic E-state index is -0.671. The van der Waals surface area contributed by atoms with Crippen LogP contribution in [0.4, 0.5) is 4.79 Å². The van der Waals surface area contributed by atoms with E-state index in [1.165, 1.54) is 4.90 Å². The van der Waals surface area contributed by atoms with E-state index in [2.05, 4.69) is 5.32 Å². The molecule has 1 aromatic rings. The standard InChI is InChI=1S/C21H29N3O4/c22-19(25)18(16-10-5-2-6-11-16)23-20(26)17-12-7-13-24(17)21(27)28-14-15-8-3-1-4-9-15/h1,3-4,8-9,16-18H,2,5-7,10-14H2,(H2,22,25)(H,23,26)/t17-,18-/m1/s1. The number of primary amides is 1. The molecule has 3 amide bonds. The Balaban J connectivity index is 1.58. The Morgan fingerprint density at radius 2 is 1.79 bits per heavy atom. The summed E-state index contributed by atoms with van der Waals surface area (Å²) in [4.78, 5) is 38.7. The summed E-state index contributed by atoms with van der Waals surface area (Å²) < 4.78 is 5.38. The predicted octanol–water partition coefficient (Wildman–Crippen LogP) is 2.34. The number of carbonyl (C=O) groups is 3. The molecule has 0 unspecified atom stereocenters. The predicted molar refractivity (Wildman–Crippen MR) is 104 cm³/mol. The number of hydrogen-bond donors (Lipinski definition) is 2. The van der Waals surface area contributed by atoms with Gasteiger partial charge in [0.1, 0.15) is 18.7 Å². The van der Waals surface area contributed by atoms with Gasteiger partial charge in [-0.2, -0.15) is 0 Å². The Morgan fingerprint density at radius 1 is 1.07 bits per heavy atom. The smallest absolute Gasteiger partial charge is 0.410 e. The highest BCUT2D eigenvalue weighted by Crippen LogP contribution is 2.27. The Kier molecular flexibility index (Phi) is 6.90. The first-order valence-corrected chi connectivity index (χ1v) is 10.1. The highest BCUT2D eigenvalue weighted by Gasteiger charge is 2.38. The summed E-state index contributed by atoms with van der Waals surface area (Å²) in [6.45, 7) is 0.632. The zero-order valence-corrected chi connectivity index (χ0v) is 16.1. The van der Waals surface area contributed by atoms with Gasteiger partial charge >= 0.3 is 6.09 Å². The van der Waals surface area contributed by atoms with E-state index in [1.807, 2.05) is 30.3 Å². The molecule has 1 aliphatic carbocycles. The van der Waals surface area contributed by atoms with Crippen LogP contribution in [-0.4, -0.2) is 41.4 Å². The first kappa shape index (κ1) is 20.2. The largest absolute Gasteiger partial charge is 0.445 e. The number of rotatable bonds is 6. The molecule has 1 aromatic carbocycles. The molecule has 3 rings (SSSR count). The van der Waals surface area contributed by atoms with Crippen LogP contribution in [0.15, 0.2) is 30.3 Å². The number of benzene rings is 1. The number of amides is 3. The van der Waals surface area contributed by atoms with Crippen molar-refractivity contribution in [2.45, 2.75) is 63.6 Å². The van der Waals surface area contributed by atoms with Crippen LogP contribution in [0.5, 0.6) is 0 Å². The molecule has 7 heteroatoms. The van der Waals surface area contributed by atoms with E-state index in [0.717, 1.165) is 44.1 Å². The lowest BCUT2D eigenvalue weighted by atomic mass is 9.83. The quantitative estimate of drug-likeness (QED) is 0.782. The third kappa shape index (κ3) is 5.03. The minimum absolute atomic E-state index is 0.0788. The molecule has 28 heavy (non-hydrogen) atoms. The van der Waals surface area contributed by atoms with Crippen molar-refractivity contribution in [1.29, 1.82) is 0 Å². The molecule has 3 N–H and O–H groups in total. The highest BCUT2D eigenvalue weighted by molar-refractivity contribution is 5.91. The van der Waals surface area contributed by atoms with Gasteiger partial charge in [0.2, 0.25) is 11.8 Å². The molecule has 1 heterocycles. The zero-order chi connectivity index (χ0) is 19.9. The first-order valence-electron chi connectivity index (χ1n) is 10.1. The molecule has 1 aliphatic heterocycles. The summed E-state index contributed by atoms with van der Waals surface area (Å²) in [5.74, 6) is -0.741. The van der Waals surface area contributed by atoms with Crippen LogP contribution in [0.2, 0.25) is 0 Å². The van der Waals surface area contributed by atoms with E-state index in [-0.39, 0.29) is 18.4 Å². The van der Waals surface area contributed by atoms with Gasteiger partial charge in [0.25, 0.3) is 0 Å². The maximum absolute atomic E-state index is 12.8. The molecule has 2 aliphatic rings. The maximum atomic E-state index is 12.8. The van der Waals surface area contributed by atoms with E-state index in [9.17, 15) is 14.4 Å². The van der Waals surface area contributed by atoms with Gasteiger partial charge in [0.05, 0.1) is 0 Å². The highest BCUT2D eigenvalue weighted by atomic mass is 16.6. The Hall–Kier alpha value is -2.57. The lowest BCUT2D eigenvalue weighted by Gasteiger charge is -2.31. The van der Waals surface area contributed by atoms with E-state index in [1.54, 1.807) is 0 Å². The molecule has 0 bridgehead atoms. The lowest BCUT2D eigenvalue weighted by molar-refractivity contribution is -0.131. The number of nitrogens with two attached hydrogens (primary N) is 1. The van der Waals surface area contributed by atoms with Crippen LogP contribution >= 0.6 is 0 Å². The molecule has 2 atom stereocenters. The monoisotopic (exact) mass is 387 g/mol. The summed E-state index contributed by atoms with van der Waals surface area (Å²) >= 11 is 0. The summed E-state index contributed by atoms with van der Waals surface area (Å²) in [5.41, 5.74) is 6.45. The Morgan fingerprint density at radius 3 is 2.46 bits per heavy atom. The van der Waals surface area contributed by atoms with Crippen molar-refractivity contribution >= 4 is 17.9 Å². The van der Waals surface area contributed by atoms with Crippen molar-refractivity contribution in [2.75, 3.05) is 6.54 Å². The van der Waals surface area contributed by atoms with Crippen molar-refractivity contribution in [3.8, 4) is 0 Å². The molecule has 7 nitrogen and oxygen atoms in total. The molecule has 1 saturated heterocycles. The minimum Gasteiger partial charge on any atom is -0.445 e. The Bertz CT molecular complexity index is 688. The number of carbonyl (C=O) groups excluding carboxylic acids is 3. The third-order valence-corrected chi connectivity index (χ3v) is 5.72. The number of hydrogen-bond acceptors (Lipinski definition) is 4. The second kappa shape index (κ2) is 9.57. The van der Waals surface area contributed by atoms with Crippen molar-refractivity contribution in [3.63, 3.8) is 0 Å². The first-order chi connectivity index (χ1) is 13.6. The summed E-state index contributed by atoms with van der Waals surface area (Å²) in [6.07, 6.45) is 5.81. The van der Waals surface area contributed by atoms with Gasteiger partial charge in [-0.05, 0) is 37.2 Å². The van der Waals surface area contributed by atoms with Crippen LogP contribution in [0.1, 0.15) is 50.5 Å². The van der Waals surface area contributed by atoms with Gasteiger partial charge in [0.15, 0.2) is 0 Å². The van der Waals surface area contributed by atoms with Crippen LogP contribution in [0, 0.1) is 5.92 Å². The van der Waals surface area contributed by atoms with Crippen LogP contribution in [-0.2, 0) is 20.9 Å². The normalized spacial score (nSPS) is 21.1. The molecule has 1 saturated carbocycles. The fraction of sp³-hybridized carbons (Fsp3) is 0.571. The third-order valence-electron chi connectivity index (χ3n) is 5.72. The van der Waals surface area contributed by atoms with Crippen LogP contribution in [0.3, 0.4) is 0 Å². The van der Waals surface area contributed by atoms with Crippen molar-refractivity contribution in [1.82, 2.24) is 10.2 Å². The van der Waals surface area contributed by atoms with Crippen molar-refractivity contribution in [3.05, 3.63) is 35.9 Å². The SMILES string of the molecule is NC(=O)[C@H](NC(=O)[C@H]1CCCN1C(=O)OCc1ccccc1)C1CCCCC1. The van der Waals surface area contributed by atoms with E-state index >= 15 is 0 Å². The van der Waals surface area contributed by atoms with Gasteiger partial charge in [-0.25, -0.2) is 4.79 Å². The number of likely N-dealkylation sites (tertiary alicyclic amines) is 1. The van der Waals surface area contributed by atoms with E-state index in [4.69, 9.17) is 10.5 Å². The van der Waals surface area contributed by atoms with E-state index < -0.39 is 24.1 Å². The fourth-order valence-electron chi connectivity index (χ4n) is 4.20. The van der Waals surface area contributed by atoms with Crippen molar-refractivity contribution < 1.29 is 19.1 Å². The van der Waals surface area contributed by atoms with E-state index in [0.29, 0.717) is 13.0 Å². The molecule has 0 spiro atoms. The molecule has 2 fully saturated rings. The summed E-state index contributed by atoms with van der Waals surface area (Å²) in [6, 6.07) is 8.12. The molecule has 0 radical (unpaired) electrons. The fourth-order valence-corrected chi connectivity index (χ4v) is 4.20. The number of ether oxygens (including phenoxy) is 1. The van der Waals surface area contributed by atoms with Crippen LogP contribution < -0.4 is 11.1 Å². The van der Waals surface area contributed by atoms with Gasteiger partial charge in [-0.3, -0.25) is 14.5 Å². The summed E-state index contributed by atoms with van der Waals surface area (Å²) in [7, 11) is 0. The molecule has 0 aromatic heterocycles. The maximum Gasteiger partial charge on any atom is 0.410 e. The lowest BCUT2D eigenvalue weighted by Crippen LogP contribution is -2.55. The second-order valence-electron chi connectivity index (χ2n) is 7.68. The van der Waals surface area contributed by atoms with Gasteiger partial charge in [-0.15, -0.1) is 0 Å². The topological polar surface area (TPSA) is 102 Å². The molecular formula is C21H29N3O4.